The molecule has 3 rings (SSSR count). The van der Waals surface area contributed by atoms with Gasteiger partial charge in [-0.3, -0.25) is 9.36 Å². The van der Waals surface area contributed by atoms with Crippen LogP contribution >= 0.6 is 35.0 Å². The summed E-state index contributed by atoms with van der Waals surface area (Å²) in [5.41, 5.74) is 2.66. The van der Waals surface area contributed by atoms with Gasteiger partial charge in [-0.1, -0.05) is 59.2 Å². The summed E-state index contributed by atoms with van der Waals surface area (Å²) in [5.74, 6) is 1.44. The van der Waals surface area contributed by atoms with Gasteiger partial charge in [-0.25, -0.2) is 0 Å². The van der Waals surface area contributed by atoms with Crippen LogP contribution in [0.3, 0.4) is 0 Å². The first-order valence-corrected chi connectivity index (χ1v) is 11.2. The number of hydrogen-bond donors (Lipinski definition) is 1. The van der Waals surface area contributed by atoms with Crippen LogP contribution in [-0.2, 0) is 17.9 Å². The second-order valence-corrected chi connectivity index (χ2v) is 8.62. The third kappa shape index (κ3) is 6.26. The number of carbonyl (C=O) groups is 1. The lowest BCUT2D eigenvalue weighted by molar-refractivity contribution is -0.113. The standard InChI is InChI=1S/C22H22Cl2N4O2S/c1-4-8-28-19(12-30-21-14(2)6-5-7-15(21)3)26-27-22(28)31-13-20(29)25-18-10-16(23)9-17(24)11-18/h4-7,9-11H,1,8,12-13H2,2-3H3,(H,25,29). The molecule has 0 aliphatic carbocycles. The van der Waals surface area contributed by atoms with Gasteiger partial charge in [0, 0.05) is 22.3 Å². The summed E-state index contributed by atoms with van der Waals surface area (Å²) < 4.78 is 7.89. The number of thioether (sulfide) groups is 1. The molecule has 0 saturated carbocycles. The number of rotatable bonds is 9. The van der Waals surface area contributed by atoms with Crippen LogP contribution in [0.2, 0.25) is 10.0 Å². The lowest BCUT2D eigenvalue weighted by Crippen LogP contribution is -2.15. The molecular formula is C22H22Cl2N4O2S. The lowest BCUT2D eigenvalue weighted by Gasteiger charge is -2.12. The predicted molar refractivity (Wildman–Crippen MR) is 126 cm³/mol. The Balaban J connectivity index is 1.65. The quantitative estimate of drug-likeness (QED) is 0.316. The molecule has 0 unspecified atom stereocenters. The average molecular weight is 477 g/mol. The Bertz CT molecular complexity index is 1060. The summed E-state index contributed by atoms with van der Waals surface area (Å²) >= 11 is 13.2. The van der Waals surface area contributed by atoms with Gasteiger partial charge in [0.15, 0.2) is 11.0 Å². The summed E-state index contributed by atoms with van der Waals surface area (Å²) in [5, 5.41) is 12.8. The van der Waals surface area contributed by atoms with E-state index in [-0.39, 0.29) is 18.3 Å². The molecule has 0 saturated heterocycles. The highest BCUT2D eigenvalue weighted by molar-refractivity contribution is 7.99. The third-order valence-electron chi connectivity index (χ3n) is 4.34. The van der Waals surface area contributed by atoms with E-state index < -0.39 is 0 Å². The van der Waals surface area contributed by atoms with Gasteiger partial charge in [0.1, 0.15) is 12.4 Å². The molecule has 31 heavy (non-hydrogen) atoms. The molecule has 0 spiro atoms. The zero-order chi connectivity index (χ0) is 22.4. The number of benzene rings is 2. The van der Waals surface area contributed by atoms with Crippen molar-refractivity contribution in [3.63, 3.8) is 0 Å². The molecule has 1 amide bonds. The third-order valence-corrected chi connectivity index (χ3v) is 5.74. The number of nitrogens with zero attached hydrogens (tertiary/aromatic N) is 3. The van der Waals surface area contributed by atoms with Crippen molar-refractivity contribution in [1.82, 2.24) is 14.8 Å². The van der Waals surface area contributed by atoms with Crippen molar-refractivity contribution >= 4 is 46.6 Å². The van der Waals surface area contributed by atoms with Gasteiger partial charge in [0.05, 0.1) is 5.75 Å². The topological polar surface area (TPSA) is 69.0 Å². The molecule has 1 N–H and O–H groups in total. The zero-order valence-corrected chi connectivity index (χ0v) is 19.5. The summed E-state index contributed by atoms with van der Waals surface area (Å²) in [6, 6.07) is 10.9. The number of halogens is 2. The Hall–Kier alpha value is -2.48. The van der Waals surface area contributed by atoms with E-state index in [1.54, 1.807) is 24.3 Å². The fourth-order valence-corrected chi connectivity index (χ4v) is 4.25. The molecule has 0 aliphatic rings. The van der Waals surface area contributed by atoms with Crippen LogP contribution in [-0.4, -0.2) is 26.4 Å². The van der Waals surface area contributed by atoms with Crippen LogP contribution in [0.15, 0.2) is 54.2 Å². The molecule has 0 radical (unpaired) electrons. The maximum atomic E-state index is 12.3. The number of ether oxygens (including phenoxy) is 1. The molecule has 0 atom stereocenters. The lowest BCUT2D eigenvalue weighted by atomic mass is 10.1. The molecule has 1 aromatic heterocycles. The van der Waals surface area contributed by atoms with Crippen molar-refractivity contribution in [1.29, 1.82) is 0 Å². The zero-order valence-electron chi connectivity index (χ0n) is 17.2. The summed E-state index contributed by atoms with van der Waals surface area (Å²) in [6.07, 6.45) is 1.75. The first-order chi connectivity index (χ1) is 14.9. The number of carbonyl (C=O) groups excluding carboxylic acids is 1. The average Bonchev–Trinajstić information content (AvgIpc) is 3.07. The number of nitrogens with one attached hydrogen (secondary N) is 1. The van der Waals surface area contributed by atoms with E-state index in [1.165, 1.54) is 11.8 Å². The minimum atomic E-state index is -0.204. The molecule has 2 aromatic carbocycles. The van der Waals surface area contributed by atoms with Crippen molar-refractivity contribution in [3.05, 3.63) is 76.0 Å². The van der Waals surface area contributed by atoms with Crippen molar-refractivity contribution in [2.24, 2.45) is 0 Å². The fraction of sp³-hybridized carbons (Fsp3) is 0.227. The molecule has 0 fully saturated rings. The largest absolute Gasteiger partial charge is 0.485 e. The Morgan fingerprint density at radius 2 is 1.87 bits per heavy atom. The van der Waals surface area contributed by atoms with Crippen molar-refractivity contribution in [2.75, 3.05) is 11.1 Å². The highest BCUT2D eigenvalue weighted by atomic mass is 35.5. The number of anilines is 1. The van der Waals surface area contributed by atoms with Crippen LogP contribution in [0, 0.1) is 13.8 Å². The molecule has 1 heterocycles. The summed E-state index contributed by atoms with van der Waals surface area (Å²) in [4.78, 5) is 12.3. The highest BCUT2D eigenvalue weighted by Crippen LogP contribution is 2.25. The first kappa shape index (κ1) is 23.2. The van der Waals surface area contributed by atoms with Gasteiger partial charge in [-0.15, -0.1) is 16.8 Å². The molecule has 0 aliphatic heterocycles. The number of allylic oxidation sites excluding steroid dienone is 1. The normalized spacial score (nSPS) is 10.7. The van der Waals surface area contributed by atoms with Gasteiger partial charge in [-0.2, -0.15) is 0 Å². The minimum absolute atomic E-state index is 0.150. The van der Waals surface area contributed by atoms with E-state index in [2.05, 4.69) is 22.1 Å². The summed E-state index contributed by atoms with van der Waals surface area (Å²) in [7, 11) is 0. The van der Waals surface area contributed by atoms with Gasteiger partial charge in [0.25, 0.3) is 0 Å². The second kappa shape index (κ2) is 10.7. The van der Waals surface area contributed by atoms with Gasteiger partial charge in [0.2, 0.25) is 5.91 Å². The second-order valence-electron chi connectivity index (χ2n) is 6.80. The van der Waals surface area contributed by atoms with Gasteiger partial charge >= 0.3 is 0 Å². The predicted octanol–water partition coefficient (Wildman–Crippen LogP) is 5.70. The molecule has 3 aromatic rings. The molecule has 162 valence electrons. The van der Waals surface area contributed by atoms with Crippen LogP contribution < -0.4 is 10.1 Å². The highest BCUT2D eigenvalue weighted by Gasteiger charge is 2.15. The maximum Gasteiger partial charge on any atom is 0.234 e. The van der Waals surface area contributed by atoms with Crippen LogP contribution in [0.1, 0.15) is 17.0 Å². The monoisotopic (exact) mass is 476 g/mol. The Morgan fingerprint density at radius 1 is 1.19 bits per heavy atom. The number of aromatic nitrogens is 3. The number of aryl methyl sites for hydroxylation is 2. The van der Waals surface area contributed by atoms with Crippen molar-refractivity contribution in [3.8, 4) is 5.75 Å². The van der Waals surface area contributed by atoms with Crippen LogP contribution in [0.4, 0.5) is 5.69 Å². The Kier molecular flexibility index (Phi) is 8.01. The maximum absolute atomic E-state index is 12.3. The molecule has 6 nitrogen and oxygen atoms in total. The van der Waals surface area contributed by atoms with E-state index in [1.807, 2.05) is 36.6 Å². The van der Waals surface area contributed by atoms with Crippen LogP contribution in [0.5, 0.6) is 5.75 Å². The number of para-hydroxylation sites is 1. The van der Waals surface area contributed by atoms with Gasteiger partial charge in [-0.05, 0) is 43.2 Å². The van der Waals surface area contributed by atoms with E-state index >= 15 is 0 Å². The van der Waals surface area contributed by atoms with E-state index in [4.69, 9.17) is 27.9 Å². The summed E-state index contributed by atoms with van der Waals surface area (Å²) in [6.45, 7) is 8.58. The smallest absolute Gasteiger partial charge is 0.234 e. The van der Waals surface area contributed by atoms with Gasteiger partial charge < -0.3 is 10.1 Å². The van der Waals surface area contributed by atoms with E-state index in [9.17, 15) is 4.79 Å². The number of amides is 1. The molecule has 0 bridgehead atoms. The van der Waals surface area contributed by atoms with Crippen molar-refractivity contribution < 1.29 is 9.53 Å². The van der Waals surface area contributed by atoms with E-state index in [0.29, 0.717) is 33.3 Å². The fourth-order valence-electron chi connectivity index (χ4n) is 2.96. The Morgan fingerprint density at radius 3 is 2.52 bits per heavy atom. The minimum Gasteiger partial charge on any atom is -0.485 e. The first-order valence-electron chi connectivity index (χ1n) is 9.48. The molecule has 9 heteroatoms. The SMILES string of the molecule is C=CCn1c(COc2c(C)cccc2C)nnc1SCC(=O)Nc1cc(Cl)cc(Cl)c1. The number of hydrogen-bond acceptors (Lipinski definition) is 5. The molecular weight excluding hydrogens is 455 g/mol. The Labute approximate surface area is 195 Å². The van der Waals surface area contributed by atoms with Crippen LogP contribution in [0.25, 0.3) is 0 Å². The van der Waals surface area contributed by atoms with Crippen molar-refractivity contribution in [2.45, 2.75) is 32.2 Å². The van der Waals surface area contributed by atoms with E-state index in [0.717, 1.165) is 16.9 Å².